The largest absolute Gasteiger partial charge is 0.497 e. The average Bonchev–Trinajstić information content (AvgIpc) is 3.11. The summed E-state index contributed by atoms with van der Waals surface area (Å²) in [5.74, 6) is 2.41. The van der Waals surface area contributed by atoms with Crippen LogP contribution in [0.3, 0.4) is 0 Å². The zero-order valence-corrected chi connectivity index (χ0v) is 11.8. The fraction of sp³-hybridized carbons (Fsp3) is 0.471. The first kappa shape index (κ1) is 13.2. The molecule has 1 unspecified atom stereocenters. The van der Waals surface area contributed by atoms with Gasteiger partial charge in [0, 0.05) is 11.6 Å². The van der Waals surface area contributed by atoms with E-state index in [4.69, 9.17) is 4.74 Å². The lowest BCUT2D eigenvalue weighted by Gasteiger charge is -2.06. The predicted octanol–water partition coefficient (Wildman–Crippen LogP) is 3.63. The molecule has 0 spiro atoms. The number of benzene rings is 1. The predicted molar refractivity (Wildman–Crippen MR) is 79.7 cm³/mol. The standard InChI is InChI=1S/C17H21NO2/c1-20-13-10-8-12(9-11-13)18-17(19)16-14-6-4-2-3-5-7-15(14)16/h2-3,8-11,14-16H,4-7H2,1H3,(H,18,19)/b3-2-/t14-,15+,16?. The zero-order chi connectivity index (χ0) is 13.9. The van der Waals surface area contributed by atoms with Gasteiger partial charge in [0.15, 0.2) is 0 Å². The van der Waals surface area contributed by atoms with Crippen LogP contribution >= 0.6 is 0 Å². The van der Waals surface area contributed by atoms with Crippen molar-refractivity contribution in [2.24, 2.45) is 17.8 Å². The van der Waals surface area contributed by atoms with E-state index in [2.05, 4.69) is 17.5 Å². The van der Waals surface area contributed by atoms with Gasteiger partial charge in [-0.1, -0.05) is 12.2 Å². The number of nitrogens with one attached hydrogen (secondary N) is 1. The van der Waals surface area contributed by atoms with Crippen molar-refractivity contribution >= 4 is 11.6 Å². The van der Waals surface area contributed by atoms with E-state index in [-0.39, 0.29) is 11.8 Å². The molecule has 0 radical (unpaired) electrons. The average molecular weight is 271 g/mol. The maximum Gasteiger partial charge on any atom is 0.228 e. The van der Waals surface area contributed by atoms with Gasteiger partial charge in [0.2, 0.25) is 5.91 Å². The number of rotatable bonds is 3. The van der Waals surface area contributed by atoms with E-state index in [1.807, 2.05) is 24.3 Å². The molecule has 3 rings (SSSR count). The van der Waals surface area contributed by atoms with Crippen molar-refractivity contribution < 1.29 is 9.53 Å². The quantitative estimate of drug-likeness (QED) is 0.853. The Bertz CT molecular complexity index is 490. The van der Waals surface area contributed by atoms with Crippen molar-refractivity contribution in [1.82, 2.24) is 0 Å². The van der Waals surface area contributed by atoms with Gasteiger partial charge >= 0.3 is 0 Å². The summed E-state index contributed by atoms with van der Waals surface area (Å²) in [6.07, 6.45) is 9.06. The molecule has 20 heavy (non-hydrogen) atoms. The summed E-state index contributed by atoms with van der Waals surface area (Å²) in [5, 5.41) is 3.04. The van der Waals surface area contributed by atoms with Crippen molar-refractivity contribution in [2.45, 2.75) is 25.7 Å². The molecule has 3 heteroatoms. The van der Waals surface area contributed by atoms with Gasteiger partial charge in [0.25, 0.3) is 0 Å². The summed E-state index contributed by atoms with van der Waals surface area (Å²) in [7, 11) is 1.64. The zero-order valence-electron chi connectivity index (χ0n) is 11.8. The fourth-order valence-electron chi connectivity index (χ4n) is 3.33. The van der Waals surface area contributed by atoms with Crippen molar-refractivity contribution in [3.05, 3.63) is 36.4 Å². The Morgan fingerprint density at radius 3 is 2.25 bits per heavy atom. The summed E-state index contributed by atoms with van der Waals surface area (Å²) >= 11 is 0. The number of amides is 1. The van der Waals surface area contributed by atoms with Crippen LogP contribution < -0.4 is 10.1 Å². The normalized spacial score (nSPS) is 29.6. The van der Waals surface area contributed by atoms with Crippen molar-refractivity contribution in [2.75, 3.05) is 12.4 Å². The van der Waals surface area contributed by atoms with Gasteiger partial charge in [-0.05, 0) is 61.8 Å². The maximum atomic E-state index is 12.4. The smallest absolute Gasteiger partial charge is 0.228 e. The monoisotopic (exact) mass is 271 g/mol. The first-order valence-electron chi connectivity index (χ1n) is 7.39. The number of ether oxygens (including phenoxy) is 1. The fourth-order valence-corrected chi connectivity index (χ4v) is 3.33. The second-order valence-corrected chi connectivity index (χ2v) is 5.70. The van der Waals surface area contributed by atoms with E-state index < -0.39 is 0 Å². The molecule has 3 atom stereocenters. The first-order chi connectivity index (χ1) is 9.79. The Balaban J connectivity index is 1.59. The molecular weight excluding hydrogens is 250 g/mol. The van der Waals surface area contributed by atoms with E-state index >= 15 is 0 Å². The molecular formula is C17H21NO2. The topological polar surface area (TPSA) is 38.3 Å². The highest BCUT2D eigenvalue weighted by Crippen LogP contribution is 2.53. The van der Waals surface area contributed by atoms with Gasteiger partial charge in [-0.15, -0.1) is 0 Å². The Hall–Kier alpha value is -1.77. The van der Waals surface area contributed by atoms with E-state index in [1.165, 1.54) is 0 Å². The molecule has 106 valence electrons. The van der Waals surface area contributed by atoms with E-state index in [1.54, 1.807) is 7.11 Å². The summed E-state index contributed by atoms with van der Waals surface area (Å²) in [6.45, 7) is 0. The molecule has 1 amide bonds. The minimum absolute atomic E-state index is 0.187. The van der Waals surface area contributed by atoms with Gasteiger partial charge in [0.1, 0.15) is 5.75 Å². The Morgan fingerprint density at radius 2 is 1.70 bits per heavy atom. The SMILES string of the molecule is COc1ccc(NC(=O)C2[C@H]3CC/C=C\CC[C@@H]23)cc1. The molecule has 0 heterocycles. The van der Waals surface area contributed by atoms with Crippen LogP contribution in [0.25, 0.3) is 0 Å². The van der Waals surface area contributed by atoms with E-state index in [0.717, 1.165) is 37.1 Å². The summed E-state index contributed by atoms with van der Waals surface area (Å²) < 4.78 is 5.12. The molecule has 0 aromatic heterocycles. The second kappa shape index (κ2) is 5.70. The van der Waals surface area contributed by atoms with Crippen molar-refractivity contribution in [3.63, 3.8) is 0 Å². The number of methoxy groups -OCH3 is 1. The number of allylic oxidation sites excluding steroid dienone is 2. The van der Waals surface area contributed by atoms with Crippen molar-refractivity contribution in [1.29, 1.82) is 0 Å². The van der Waals surface area contributed by atoms with Crippen LogP contribution in [0.1, 0.15) is 25.7 Å². The number of carbonyl (C=O) groups excluding carboxylic acids is 1. The molecule has 2 aliphatic rings. The molecule has 2 aliphatic carbocycles. The molecule has 0 saturated heterocycles. The van der Waals surface area contributed by atoms with Gasteiger partial charge < -0.3 is 10.1 Å². The van der Waals surface area contributed by atoms with Gasteiger partial charge in [0.05, 0.1) is 7.11 Å². The van der Waals surface area contributed by atoms with Crippen LogP contribution in [0.2, 0.25) is 0 Å². The third kappa shape index (κ3) is 2.72. The highest BCUT2D eigenvalue weighted by molar-refractivity contribution is 5.94. The molecule has 1 aromatic carbocycles. The lowest BCUT2D eigenvalue weighted by Crippen LogP contribution is -2.15. The van der Waals surface area contributed by atoms with Crippen LogP contribution in [0, 0.1) is 17.8 Å². The first-order valence-corrected chi connectivity index (χ1v) is 7.39. The van der Waals surface area contributed by atoms with E-state index in [0.29, 0.717) is 11.8 Å². The second-order valence-electron chi connectivity index (χ2n) is 5.70. The van der Waals surface area contributed by atoms with Crippen LogP contribution in [0.5, 0.6) is 5.75 Å². The van der Waals surface area contributed by atoms with Crippen LogP contribution in [0.4, 0.5) is 5.69 Å². The Labute approximate surface area is 120 Å². The summed E-state index contributed by atoms with van der Waals surface area (Å²) in [5.41, 5.74) is 0.855. The number of anilines is 1. The third-order valence-electron chi connectivity index (χ3n) is 4.49. The lowest BCUT2D eigenvalue weighted by molar-refractivity contribution is -0.117. The van der Waals surface area contributed by atoms with Crippen LogP contribution in [-0.2, 0) is 4.79 Å². The summed E-state index contributed by atoms with van der Waals surface area (Å²) in [6, 6.07) is 7.52. The molecule has 0 bridgehead atoms. The number of carbonyl (C=O) groups is 1. The number of fused-ring (bicyclic) bond motifs is 1. The lowest BCUT2D eigenvalue weighted by atomic mass is 10.1. The molecule has 1 aromatic rings. The van der Waals surface area contributed by atoms with E-state index in [9.17, 15) is 4.79 Å². The highest BCUT2D eigenvalue weighted by atomic mass is 16.5. The molecule has 1 fully saturated rings. The third-order valence-corrected chi connectivity index (χ3v) is 4.49. The van der Waals surface area contributed by atoms with Crippen LogP contribution in [-0.4, -0.2) is 13.0 Å². The number of hydrogen-bond acceptors (Lipinski definition) is 2. The van der Waals surface area contributed by atoms with Crippen LogP contribution in [0.15, 0.2) is 36.4 Å². The van der Waals surface area contributed by atoms with Gasteiger partial charge in [-0.3, -0.25) is 4.79 Å². The summed E-state index contributed by atoms with van der Waals surface area (Å²) in [4.78, 5) is 12.4. The molecule has 1 N–H and O–H groups in total. The Kier molecular flexibility index (Phi) is 3.77. The highest BCUT2D eigenvalue weighted by Gasteiger charge is 2.53. The van der Waals surface area contributed by atoms with Crippen molar-refractivity contribution in [3.8, 4) is 5.75 Å². The number of hydrogen-bond donors (Lipinski definition) is 1. The van der Waals surface area contributed by atoms with Gasteiger partial charge in [-0.2, -0.15) is 0 Å². The minimum Gasteiger partial charge on any atom is -0.497 e. The molecule has 0 aliphatic heterocycles. The Morgan fingerprint density at radius 1 is 1.10 bits per heavy atom. The van der Waals surface area contributed by atoms with Gasteiger partial charge in [-0.25, -0.2) is 0 Å². The maximum absolute atomic E-state index is 12.4. The molecule has 1 saturated carbocycles. The molecule has 3 nitrogen and oxygen atoms in total. The minimum atomic E-state index is 0.187.